The highest BCUT2D eigenvalue weighted by Gasteiger charge is 2.52. The van der Waals surface area contributed by atoms with Gasteiger partial charge in [-0.3, -0.25) is 4.79 Å². The molecule has 1 aromatic carbocycles. The van der Waals surface area contributed by atoms with E-state index < -0.39 is 36.0 Å². The van der Waals surface area contributed by atoms with E-state index in [1.165, 1.54) is 19.2 Å². The van der Waals surface area contributed by atoms with Crippen LogP contribution in [0, 0.1) is 0 Å². The first kappa shape index (κ1) is 19.8. The van der Waals surface area contributed by atoms with Crippen molar-refractivity contribution in [2.75, 3.05) is 7.11 Å². The summed E-state index contributed by atoms with van der Waals surface area (Å²) in [6.45, 7) is 7.48. The van der Waals surface area contributed by atoms with Crippen LogP contribution >= 0.6 is 0 Å². The zero-order chi connectivity index (χ0) is 19.0. The molecule has 0 spiro atoms. The van der Waals surface area contributed by atoms with Crippen LogP contribution in [0.25, 0.3) is 0 Å². The molecule has 0 aliphatic carbocycles. The molecule has 1 aliphatic heterocycles. The number of rotatable bonds is 4. The number of benzene rings is 1. The van der Waals surface area contributed by atoms with Crippen LogP contribution in [0.3, 0.4) is 0 Å². The summed E-state index contributed by atoms with van der Waals surface area (Å²) in [7, 11) is 0.442. The third-order valence-corrected chi connectivity index (χ3v) is 4.79. The van der Waals surface area contributed by atoms with Crippen LogP contribution in [0.15, 0.2) is 18.2 Å². The molecule has 2 rings (SSSR count). The Morgan fingerprint density at radius 1 is 1.16 bits per heavy atom. The van der Waals surface area contributed by atoms with Crippen molar-refractivity contribution in [1.29, 1.82) is 0 Å². The zero-order valence-corrected chi connectivity index (χ0v) is 15.0. The first-order valence-corrected chi connectivity index (χ1v) is 8.00. The SMILES string of the molecule is COC(=O)CCc1cc(B2OC(C)(C)C(C)(C)O2)ccc1C(F)(F)F. The van der Waals surface area contributed by atoms with E-state index >= 15 is 0 Å². The topological polar surface area (TPSA) is 44.8 Å². The van der Waals surface area contributed by atoms with E-state index in [-0.39, 0.29) is 18.4 Å². The minimum atomic E-state index is -4.50. The van der Waals surface area contributed by atoms with Crippen molar-refractivity contribution >= 4 is 18.6 Å². The Labute approximate surface area is 145 Å². The summed E-state index contributed by atoms with van der Waals surface area (Å²) in [5.74, 6) is -0.561. The quantitative estimate of drug-likeness (QED) is 0.613. The van der Waals surface area contributed by atoms with Gasteiger partial charge in [-0.25, -0.2) is 0 Å². The number of aryl methyl sites for hydroxylation is 1. The second kappa shape index (κ2) is 6.65. The molecule has 1 heterocycles. The molecule has 0 N–H and O–H groups in total. The standard InChI is InChI=1S/C17H22BF3O4/c1-15(2)16(3,4)25-18(24-15)12-7-8-13(17(19,20)21)11(10-12)6-9-14(22)23-5/h7-8,10H,6,9H2,1-5H3. The fourth-order valence-electron chi connectivity index (χ4n) is 2.56. The molecule has 1 saturated heterocycles. The molecular formula is C17H22BF3O4. The van der Waals surface area contributed by atoms with Crippen LogP contribution in [0.4, 0.5) is 13.2 Å². The van der Waals surface area contributed by atoms with Crippen molar-refractivity contribution in [2.45, 2.75) is 57.9 Å². The fourth-order valence-corrected chi connectivity index (χ4v) is 2.56. The summed E-state index contributed by atoms with van der Waals surface area (Å²) in [5, 5.41) is 0. The van der Waals surface area contributed by atoms with E-state index in [9.17, 15) is 18.0 Å². The Hall–Kier alpha value is -1.54. The molecule has 1 aromatic rings. The first-order valence-electron chi connectivity index (χ1n) is 8.00. The minimum absolute atomic E-state index is 0.0186. The van der Waals surface area contributed by atoms with Gasteiger partial charge in [-0.05, 0) is 45.1 Å². The summed E-state index contributed by atoms with van der Waals surface area (Å²) in [6, 6.07) is 3.76. The monoisotopic (exact) mass is 358 g/mol. The minimum Gasteiger partial charge on any atom is -0.469 e. The Balaban J connectivity index is 2.34. The van der Waals surface area contributed by atoms with Gasteiger partial charge >= 0.3 is 19.3 Å². The number of hydrogen-bond acceptors (Lipinski definition) is 4. The smallest absolute Gasteiger partial charge is 0.469 e. The van der Waals surface area contributed by atoms with Gasteiger partial charge in [-0.1, -0.05) is 18.2 Å². The Morgan fingerprint density at radius 3 is 2.20 bits per heavy atom. The number of alkyl halides is 3. The molecule has 0 amide bonds. The van der Waals surface area contributed by atoms with Gasteiger partial charge in [0, 0.05) is 6.42 Å². The predicted octanol–water partition coefficient (Wildman–Crippen LogP) is 3.11. The third kappa shape index (κ3) is 4.18. The van der Waals surface area contributed by atoms with E-state index in [0.29, 0.717) is 5.46 Å². The summed E-state index contributed by atoms with van der Waals surface area (Å²) < 4.78 is 56.0. The highest BCUT2D eigenvalue weighted by atomic mass is 19.4. The maximum atomic E-state index is 13.2. The molecule has 8 heteroatoms. The van der Waals surface area contributed by atoms with Gasteiger partial charge in [-0.2, -0.15) is 13.2 Å². The molecule has 0 unspecified atom stereocenters. The van der Waals surface area contributed by atoms with E-state index in [4.69, 9.17) is 9.31 Å². The molecule has 1 aliphatic rings. The van der Waals surface area contributed by atoms with E-state index in [1.807, 2.05) is 27.7 Å². The van der Waals surface area contributed by atoms with Crippen molar-refractivity contribution in [1.82, 2.24) is 0 Å². The number of carbonyl (C=O) groups is 1. The Kier molecular flexibility index (Phi) is 5.26. The lowest BCUT2D eigenvalue weighted by molar-refractivity contribution is -0.142. The van der Waals surface area contributed by atoms with Gasteiger partial charge in [0.15, 0.2) is 0 Å². The van der Waals surface area contributed by atoms with Gasteiger partial charge in [0.25, 0.3) is 0 Å². The summed E-state index contributed by atoms with van der Waals surface area (Å²) in [5.41, 5.74) is -1.44. The summed E-state index contributed by atoms with van der Waals surface area (Å²) in [4.78, 5) is 11.3. The van der Waals surface area contributed by atoms with Gasteiger partial charge < -0.3 is 14.0 Å². The van der Waals surface area contributed by atoms with Crippen molar-refractivity contribution in [3.63, 3.8) is 0 Å². The van der Waals surface area contributed by atoms with Crippen LogP contribution in [-0.2, 0) is 31.4 Å². The lowest BCUT2D eigenvalue weighted by Gasteiger charge is -2.32. The molecule has 25 heavy (non-hydrogen) atoms. The number of carbonyl (C=O) groups excluding carboxylic acids is 1. The predicted molar refractivity (Wildman–Crippen MR) is 87.5 cm³/mol. The van der Waals surface area contributed by atoms with Crippen molar-refractivity contribution in [3.05, 3.63) is 29.3 Å². The van der Waals surface area contributed by atoms with Gasteiger partial charge in [0.05, 0.1) is 23.9 Å². The molecular weight excluding hydrogens is 336 g/mol. The molecule has 0 saturated carbocycles. The van der Waals surface area contributed by atoms with Crippen molar-refractivity contribution < 1.29 is 32.0 Å². The van der Waals surface area contributed by atoms with Crippen molar-refractivity contribution in [2.24, 2.45) is 0 Å². The second-order valence-corrected chi connectivity index (χ2v) is 7.08. The summed E-state index contributed by atoms with van der Waals surface area (Å²) in [6.07, 6.45) is -4.71. The zero-order valence-electron chi connectivity index (χ0n) is 15.0. The second-order valence-electron chi connectivity index (χ2n) is 7.08. The molecule has 1 fully saturated rings. The van der Waals surface area contributed by atoms with E-state index in [0.717, 1.165) is 6.07 Å². The number of halogens is 3. The maximum absolute atomic E-state index is 13.2. The fraction of sp³-hybridized carbons (Fsp3) is 0.588. The number of esters is 1. The lowest BCUT2D eigenvalue weighted by atomic mass is 9.77. The largest absolute Gasteiger partial charge is 0.494 e. The molecule has 0 bridgehead atoms. The average molecular weight is 358 g/mol. The first-order chi connectivity index (χ1) is 11.4. The molecule has 0 aromatic heterocycles. The van der Waals surface area contributed by atoms with Crippen LogP contribution in [0.2, 0.25) is 0 Å². The van der Waals surface area contributed by atoms with Crippen LogP contribution in [0.1, 0.15) is 45.2 Å². The van der Waals surface area contributed by atoms with Crippen LogP contribution in [0.5, 0.6) is 0 Å². The maximum Gasteiger partial charge on any atom is 0.494 e. The number of hydrogen-bond donors (Lipinski definition) is 0. The highest BCUT2D eigenvalue weighted by molar-refractivity contribution is 6.62. The van der Waals surface area contributed by atoms with Crippen molar-refractivity contribution in [3.8, 4) is 0 Å². The normalized spacial score (nSPS) is 19.1. The molecule has 0 radical (unpaired) electrons. The molecule has 0 atom stereocenters. The lowest BCUT2D eigenvalue weighted by Crippen LogP contribution is -2.41. The molecule has 4 nitrogen and oxygen atoms in total. The van der Waals surface area contributed by atoms with Gasteiger partial charge in [0.1, 0.15) is 0 Å². The summed E-state index contributed by atoms with van der Waals surface area (Å²) >= 11 is 0. The van der Waals surface area contributed by atoms with Gasteiger partial charge in [0.2, 0.25) is 0 Å². The van der Waals surface area contributed by atoms with Gasteiger partial charge in [-0.15, -0.1) is 0 Å². The van der Waals surface area contributed by atoms with E-state index in [1.54, 1.807) is 0 Å². The van der Waals surface area contributed by atoms with E-state index in [2.05, 4.69) is 4.74 Å². The highest BCUT2D eigenvalue weighted by Crippen LogP contribution is 2.37. The number of methoxy groups -OCH3 is 1. The van der Waals surface area contributed by atoms with Crippen LogP contribution < -0.4 is 5.46 Å². The third-order valence-electron chi connectivity index (χ3n) is 4.79. The van der Waals surface area contributed by atoms with Crippen LogP contribution in [-0.4, -0.2) is 31.4 Å². The Bertz CT molecular complexity index is 640. The number of ether oxygens (including phenoxy) is 1. The molecule has 138 valence electrons. The average Bonchev–Trinajstić information content (AvgIpc) is 2.71. The Morgan fingerprint density at radius 2 is 1.72 bits per heavy atom.